The van der Waals surface area contributed by atoms with Gasteiger partial charge in [-0.1, -0.05) is 37.1 Å². The Kier molecular flexibility index (Phi) is 8.22. The third-order valence-corrected chi connectivity index (χ3v) is 7.12. The molecule has 2 heterocycles. The maximum atomic E-state index is 13.7. The van der Waals surface area contributed by atoms with Crippen LogP contribution in [-0.2, 0) is 6.42 Å². The molecule has 0 spiro atoms. The molecule has 37 heavy (non-hydrogen) atoms. The van der Waals surface area contributed by atoms with E-state index in [0.29, 0.717) is 17.0 Å². The third-order valence-electron chi connectivity index (χ3n) is 7.12. The van der Waals surface area contributed by atoms with Gasteiger partial charge in [-0.3, -0.25) is 0 Å². The molecule has 1 aliphatic carbocycles. The second-order valence-electron chi connectivity index (χ2n) is 9.21. The number of nitrogen functional groups attached to an aromatic ring is 1. The topological polar surface area (TPSA) is 78.5 Å². The largest absolute Gasteiger partial charge is 0.383 e. The van der Waals surface area contributed by atoms with Gasteiger partial charge < -0.3 is 20.6 Å². The Hall–Kier alpha value is -3.73. The number of aliphatic hydroxyl groups is 1. The van der Waals surface area contributed by atoms with Crippen molar-refractivity contribution < 1.29 is 9.50 Å². The van der Waals surface area contributed by atoms with E-state index >= 15 is 0 Å². The SMILES string of the molecule is C#CC=C(F)C=CCc1nc(N)nc2c1C(O)C(=CC)C2=C(C)c1ccc(N2CCN(CC)CC2)cc1. The molecule has 3 N–H and O–H groups in total. The first kappa shape index (κ1) is 26.3. The number of benzene rings is 1. The third kappa shape index (κ3) is 5.51. The van der Waals surface area contributed by atoms with E-state index in [-0.39, 0.29) is 12.4 Å². The van der Waals surface area contributed by atoms with Gasteiger partial charge in [-0.2, -0.15) is 0 Å². The summed E-state index contributed by atoms with van der Waals surface area (Å²) in [6, 6.07) is 8.56. The number of likely N-dealkylation sites (N-methyl/N-ethyl adjacent to an activating group) is 1. The van der Waals surface area contributed by atoms with Crippen LogP contribution < -0.4 is 10.6 Å². The second kappa shape index (κ2) is 11.5. The lowest BCUT2D eigenvalue weighted by Gasteiger charge is -2.35. The average Bonchev–Trinajstić information content (AvgIpc) is 3.19. The van der Waals surface area contributed by atoms with Gasteiger partial charge in [0.2, 0.25) is 5.95 Å². The fourth-order valence-electron chi connectivity index (χ4n) is 5.09. The zero-order valence-corrected chi connectivity index (χ0v) is 21.7. The predicted octanol–water partition coefficient (Wildman–Crippen LogP) is 4.71. The van der Waals surface area contributed by atoms with Gasteiger partial charge in [0, 0.05) is 55.5 Å². The normalized spacial score (nSPS) is 21.0. The molecule has 0 bridgehead atoms. The van der Waals surface area contributed by atoms with Crippen LogP contribution in [-0.4, -0.2) is 52.7 Å². The van der Waals surface area contributed by atoms with Gasteiger partial charge in [-0.25, -0.2) is 14.4 Å². The number of rotatable bonds is 6. The summed E-state index contributed by atoms with van der Waals surface area (Å²) in [5, 5.41) is 11.3. The highest BCUT2D eigenvalue weighted by molar-refractivity contribution is 6.01. The predicted molar refractivity (Wildman–Crippen MR) is 149 cm³/mol. The number of fused-ring (bicyclic) bond motifs is 1. The Morgan fingerprint density at radius 2 is 1.92 bits per heavy atom. The van der Waals surface area contributed by atoms with Crippen LogP contribution in [0.3, 0.4) is 0 Å². The molecule has 6 nitrogen and oxygen atoms in total. The minimum atomic E-state index is -0.894. The van der Waals surface area contributed by atoms with Gasteiger partial charge in [0.15, 0.2) is 0 Å². The van der Waals surface area contributed by atoms with Crippen LogP contribution in [0.5, 0.6) is 0 Å². The molecule has 0 radical (unpaired) electrons. The highest BCUT2D eigenvalue weighted by atomic mass is 19.1. The first-order chi connectivity index (χ1) is 17.9. The molecule has 4 rings (SSSR count). The molecule has 0 amide bonds. The zero-order valence-electron chi connectivity index (χ0n) is 21.7. The van der Waals surface area contributed by atoms with Crippen LogP contribution in [0.2, 0.25) is 0 Å². The van der Waals surface area contributed by atoms with Crippen molar-refractivity contribution >= 4 is 22.8 Å². The molecule has 1 aromatic carbocycles. The van der Waals surface area contributed by atoms with E-state index in [1.165, 1.54) is 11.8 Å². The minimum Gasteiger partial charge on any atom is -0.383 e. The first-order valence-corrected chi connectivity index (χ1v) is 12.7. The average molecular weight is 500 g/mol. The zero-order chi connectivity index (χ0) is 26.5. The van der Waals surface area contributed by atoms with Gasteiger partial charge in [-0.05, 0) is 55.3 Å². The molecule has 2 aromatic rings. The number of hydrogen-bond donors (Lipinski definition) is 2. The highest BCUT2D eigenvalue weighted by Crippen LogP contribution is 2.48. The van der Waals surface area contributed by atoms with Crippen molar-refractivity contribution in [3.05, 3.63) is 82.5 Å². The first-order valence-electron chi connectivity index (χ1n) is 12.7. The van der Waals surface area contributed by atoms with E-state index in [1.54, 1.807) is 6.08 Å². The molecular formula is C30H34FN5O. The summed E-state index contributed by atoms with van der Waals surface area (Å²) >= 11 is 0. The van der Waals surface area contributed by atoms with Gasteiger partial charge in [0.05, 0.1) is 11.4 Å². The van der Waals surface area contributed by atoms with Crippen LogP contribution in [0.4, 0.5) is 16.0 Å². The Morgan fingerprint density at radius 1 is 1.22 bits per heavy atom. The van der Waals surface area contributed by atoms with Crippen molar-refractivity contribution in [2.24, 2.45) is 0 Å². The van der Waals surface area contributed by atoms with E-state index < -0.39 is 11.9 Å². The number of aromatic nitrogens is 2. The molecule has 0 saturated carbocycles. The number of aliphatic hydroxyl groups excluding tert-OH is 1. The molecule has 2 aliphatic rings. The molecular weight excluding hydrogens is 465 g/mol. The summed E-state index contributed by atoms with van der Waals surface area (Å²) in [4.78, 5) is 13.8. The van der Waals surface area contributed by atoms with Crippen LogP contribution in [0.25, 0.3) is 11.1 Å². The summed E-state index contributed by atoms with van der Waals surface area (Å²) in [5.41, 5.74) is 12.7. The van der Waals surface area contributed by atoms with E-state index in [4.69, 9.17) is 12.2 Å². The fraction of sp³-hybridized carbons (Fsp3) is 0.333. The molecule has 1 saturated heterocycles. The minimum absolute atomic E-state index is 0.109. The molecule has 7 heteroatoms. The number of halogens is 1. The molecule has 192 valence electrons. The highest BCUT2D eigenvalue weighted by Gasteiger charge is 2.35. The van der Waals surface area contributed by atoms with Crippen LogP contribution in [0, 0.1) is 12.3 Å². The van der Waals surface area contributed by atoms with Crippen molar-refractivity contribution in [3.8, 4) is 12.3 Å². The van der Waals surface area contributed by atoms with Crippen molar-refractivity contribution in [2.45, 2.75) is 33.3 Å². The Bertz CT molecular complexity index is 1310. The fourth-order valence-corrected chi connectivity index (χ4v) is 5.09. The summed E-state index contributed by atoms with van der Waals surface area (Å²) in [5.74, 6) is 1.74. The smallest absolute Gasteiger partial charge is 0.220 e. The Balaban J connectivity index is 1.68. The van der Waals surface area contributed by atoms with Gasteiger partial charge >= 0.3 is 0 Å². The van der Waals surface area contributed by atoms with Gasteiger partial charge in [0.25, 0.3) is 0 Å². The Labute approximate surface area is 218 Å². The molecule has 1 atom stereocenters. The van der Waals surface area contributed by atoms with Gasteiger partial charge in [-0.15, -0.1) is 6.42 Å². The maximum Gasteiger partial charge on any atom is 0.220 e. The van der Waals surface area contributed by atoms with Crippen molar-refractivity contribution in [1.29, 1.82) is 0 Å². The lowest BCUT2D eigenvalue weighted by Crippen LogP contribution is -2.46. The lowest BCUT2D eigenvalue weighted by atomic mass is 9.96. The van der Waals surface area contributed by atoms with Gasteiger partial charge in [0.1, 0.15) is 11.9 Å². The number of hydrogen-bond acceptors (Lipinski definition) is 6. The van der Waals surface area contributed by atoms with Crippen LogP contribution >= 0.6 is 0 Å². The number of nitrogens with two attached hydrogens (primary N) is 1. The second-order valence-corrected chi connectivity index (χ2v) is 9.21. The quantitative estimate of drug-likeness (QED) is 0.443. The molecule has 1 unspecified atom stereocenters. The molecule has 1 aromatic heterocycles. The lowest BCUT2D eigenvalue weighted by molar-refractivity contribution is 0.223. The number of terminal acetylenes is 1. The van der Waals surface area contributed by atoms with E-state index in [9.17, 15) is 9.50 Å². The molecule has 1 aliphatic heterocycles. The summed E-state index contributed by atoms with van der Waals surface area (Å²) < 4.78 is 13.7. The van der Waals surface area contributed by atoms with E-state index in [2.05, 4.69) is 56.9 Å². The monoisotopic (exact) mass is 499 g/mol. The Morgan fingerprint density at radius 3 is 2.54 bits per heavy atom. The summed E-state index contributed by atoms with van der Waals surface area (Å²) in [6.45, 7) is 11.4. The van der Waals surface area contributed by atoms with E-state index in [1.807, 2.05) is 19.9 Å². The number of piperazine rings is 1. The van der Waals surface area contributed by atoms with Crippen molar-refractivity contribution in [2.75, 3.05) is 43.4 Å². The standard InChI is InChI=1S/C30H34FN5O/c1-5-9-22(31)10-8-11-25-27-28(34-30(32)33-25)26(24(6-2)29(27)37)20(4)21-12-14-23(15-13-21)36-18-16-35(7-3)17-19-36/h1,6,8-10,12-15,29,37H,7,11,16-19H2,2-4H3,(H2,32,33,34). The van der Waals surface area contributed by atoms with Crippen molar-refractivity contribution in [3.63, 3.8) is 0 Å². The molecule has 1 fully saturated rings. The number of allylic oxidation sites excluding steroid dienone is 6. The number of nitrogens with zero attached hydrogens (tertiary/aromatic N) is 4. The van der Waals surface area contributed by atoms with Crippen LogP contribution in [0.15, 0.2) is 60.0 Å². The van der Waals surface area contributed by atoms with Crippen LogP contribution in [0.1, 0.15) is 49.4 Å². The summed E-state index contributed by atoms with van der Waals surface area (Å²) in [7, 11) is 0. The maximum absolute atomic E-state index is 13.7. The number of anilines is 2. The summed E-state index contributed by atoms with van der Waals surface area (Å²) in [6.07, 6.45) is 10.3. The van der Waals surface area contributed by atoms with E-state index in [0.717, 1.165) is 61.1 Å². The van der Waals surface area contributed by atoms with Crippen molar-refractivity contribution in [1.82, 2.24) is 14.9 Å².